The van der Waals surface area contributed by atoms with Gasteiger partial charge in [0, 0.05) is 18.3 Å². The third-order valence-electron chi connectivity index (χ3n) is 3.09. The van der Waals surface area contributed by atoms with E-state index in [1.807, 2.05) is 20.9 Å². The summed E-state index contributed by atoms with van der Waals surface area (Å²) in [6, 6.07) is 8.39. The van der Waals surface area contributed by atoms with Crippen molar-refractivity contribution in [3.63, 3.8) is 0 Å². The van der Waals surface area contributed by atoms with Gasteiger partial charge in [-0.05, 0) is 38.0 Å². The molecule has 2 N–H and O–H groups in total. The van der Waals surface area contributed by atoms with Crippen molar-refractivity contribution in [1.82, 2.24) is 9.97 Å². The van der Waals surface area contributed by atoms with Crippen LogP contribution in [0.1, 0.15) is 23.9 Å². The lowest BCUT2D eigenvalue weighted by molar-refractivity contribution is 1.03. The Morgan fingerprint density at radius 1 is 1.11 bits per heavy atom. The summed E-state index contributed by atoms with van der Waals surface area (Å²) in [6.45, 7) is 6.06. The van der Waals surface area contributed by atoms with Crippen LogP contribution in [0.5, 0.6) is 0 Å². The highest BCUT2D eigenvalue weighted by molar-refractivity contribution is 5.65. The van der Waals surface area contributed by atoms with E-state index in [-0.39, 0.29) is 0 Å². The van der Waals surface area contributed by atoms with Crippen LogP contribution >= 0.6 is 0 Å². The van der Waals surface area contributed by atoms with Crippen LogP contribution in [0.2, 0.25) is 0 Å². The van der Waals surface area contributed by atoms with E-state index in [4.69, 9.17) is 0 Å². The van der Waals surface area contributed by atoms with Gasteiger partial charge in [0.2, 0.25) is 0 Å². The maximum atomic E-state index is 4.47. The molecule has 0 saturated carbocycles. The monoisotopic (exact) mass is 256 g/mol. The van der Waals surface area contributed by atoms with Crippen LogP contribution in [0.4, 0.5) is 17.3 Å². The molecule has 0 amide bonds. The molecular formula is C15H20N4. The molecule has 0 aliphatic heterocycles. The van der Waals surface area contributed by atoms with Crippen molar-refractivity contribution in [2.24, 2.45) is 0 Å². The van der Waals surface area contributed by atoms with E-state index in [2.05, 4.69) is 51.8 Å². The average molecular weight is 256 g/mol. The number of nitrogens with zero attached hydrogens (tertiary/aromatic N) is 2. The average Bonchev–Trinajstić information content (AvgIpc) is 2.42. The molecule has 1 aromatic carbocycles. The molecule has 0 aliphatic carbocycles. The zero-order valence-electron chi connectivity index (χ0n) is 11.9. The second-order valence-corrected chi connectivity index (χ2v) is 4.52. The van der Waals surface area contributed by atoms with E-state index in [1.54, 1.807) is 0 Å². The van der Waals surface area contributed by atoms with Gasteiger partial charge < -0.3 is 10.6 Å². The first-order valence-corrected chi connectivity index (χ1v) is 6.53. The van der Waals surface area contributed by atoms with Gasteiger partial charge in [-0.1, -0.05) is 19.1 Å². The largest absolute Gasteiger partial charge is 0.373 e. The van der Waals surface area contributed by atoms with Gasteiger partial charge >= 0.3 is 0 Å². The number of rotatable bonds is 4. The Hall–Kier alpha value is -2.10. The Balaban J connectivity index is 2.34. The molecule has 0 radical (unpaired) electrons. The van der Waals surface area contributed by atoms with Gasteiger partial charge in [0.25, 0.3) is 0 Å². The van der Waals surface area contributed by atoms with E-state index >= 15 is 0 Å². The summed E-state index contributed by atoms with van der Waals surface area (Å²) in [5.74, 6) is 2.47. The molecule has 0 fully saturated rings. The quantitative estimate of drug-likeness (QED) is 0.879. The first-order valence-electron chi connectivity index (χ1n) is 6.53. The Morgan fingerprint density at radius 3 is 2.53 bits per heavy atom. The summed E-state index contributed by atoms with van der Waals surface area (Å²) in [4.78, 5) is 8.83. The molecule has 100 valence electrons. The highest BCUT2D eigenvalue weighted by atomic mass is 15.1. The zero-order chi connectivity index (χ0) is 13.8. The molecule has 0 atom stereocenters. The number of nitrogens with one attached hydrogen (secondary N) is 2. The van der Waals surface area contributed by atoms with E-state index in [0.29, 0.717) is 0 Å². The molecule has 1 heterocycles. The van der Waals surface area contributed by atoms with Gasteiger partial charge in [-0.25, -0.2) is 9.97 Å². The second-order valence-electron chi connectivity index (χ2n) is 4.52. The zero-order valence-corrected chi connectivity index (χ0v) is 11.9. The number of hydrogen-bond acceptors (Lipinski definition) is 4. The predicted octanol–water partition coefficient (Wildman–Crippen LogP) is 3.44. The van der Waals surface area contributed by atoms with Crippen LogP contribution < -0.4 is 10.6 Å². The molecule has 1 aromatic heterocycles. The van der Waals surface area contributed by atoms with E-state index in [1.165, 1.54) is 5.56 Å². The molecule has 2 aromatic rings. The van der Waals surface area contributed by atoms with Crippen molar-refractivity contribution >= 4 is 17.3 Å². The van der Waals surface area contributed by atoms with Crippen LogP contribution in [0.15, 0.2) is 24.3 Å². The van der Waals surface area contributed by atoms with Crippen molar-refractivity contribution in [2.45, 2.75) is 27.2 Å². The molecule has 0 unspecified atom stereocenters. The van der Waals surface area contributed by atoms with Gasteiger partial charge in [0.05, 0.1) is 0 Å². The van der Waals surface area contributed by atoms with Crippen molar-refractivity contribution < 1.29 is 0 Å². The Kier molecular flexibility index (Phi) is 4.00. The van der Waals surface area contributed by atoms with E-state index in [0.717, 1.165) is 35.1 Å². The summed E-state index contributed by atoms with van der Waals surface area (Å²) in [5.41, 5.74) is 3.39. The summed E-state index contributed by atoms with van der Waals surface area (Å²) >= 11 is 0. The number of aryl methyl sites for hydroxylation is 2. The molecule has 4 heteroatoms. The molecule has 19 heavy (non-hydrogen) atoms. The second kappa shape index (κ2) is 5.69. The molecule has 4 nitrogen and oxygen atoms in total. The van der Waals surface area contributed by atoms with Crippen molar-refractivity contribution in [3.8, 4) is 0 Å². The van der Waals surface area contributed by atoms with Crippen molar-refractivity contribution in [1.29, 1.82) is 0 Å². The lowest BCUT2D eigenvalue weighted by Gasteiger charge is -2.13. The fraction of sp³-hybridized carbons (Fsp3) is 0.333. The minimum Gasteiger partial charge on any atom is -0.373 e. The lowest BCUT2D eigenvalue weighted by Crippen LogP contribution is -2.05. The van der Waals surface area contributed by atoms with E-state index < -0.39 is 0 Å². The molecule has 0 spiro atoms. The maximum absolute atomic E-state index is 4.47. The highest BCUT2D eigenvalue weighted by Crippen LogP contribution is 2.23. The van der Waals surface area contributed by atoms with Crippen LogP contribution in [-0.4, -0.2) is 17.0 Å². The summed E-state index contributed by atoms with van der Waals surface area (Å²) < 4.78 is 0. The summed E-state index contributed by atoms with van der Waals surface area (Å²) in [5, 5.41) is 6.47. The minimum atomic E-state index is 0.754. The Morgan fingerprint density at radius 2 is 1.84 bits per heavy atom. The van der Waals surface area contributed by atoms with Crippen LogP contribution in [-0.2, 0) is 6.42 Å². The third kappa shape index (κ3) is 3.02. The summed E-state index contributed by atoms with van der Waals surface area (Å²) in [6.07, 6.45) is 1.03. The first-order chi connectivity index (χ1) is 9.13. The molecule has 0 bridgehead atoms. The Bertz CT molecular complexity index is 578. The highest BCUT2D eigenvalue weighted by Gasteiger charge is 2.08. The SMILES string of the molecule is CCc1cccc(Nc2nc(C)nc(NC)c2C)c1. The first kappa shape index (κ1) is 13.3. The molecule has 2 rings (SSSR count). The minimum absolute atomic E-state index is 0.754. The molecule has 0 saturated heterocycles. The topological polar surface area (TPSA) is 49.8 Å². The van der Waals surface area contributed by atoms with Gasteiger partial charge in [-0.3, -0.25) is 0 Å². The van der Waals surface area contributed by atoms with E-state index in [9.17, 15) is 0 Å². The van der Waals surface area contributed by atoms with Crippen LogP contribution in [0, 0.1) is 13.8 Å². The third-order valence-corrected chi connectivity index (χ3v) is 3.09. The number of anilines is 3. The fourth-order valence-corrected chi connectivity index (χ4v) is 2.00. The van der Waals surface area contributed by atoms with Gasteiger partial charge in [-0.15, -0.1) is 0 Å². The lowest BCUT2D eigenvalue weighted by atomic mass is 10.1. The van der Waals surface area contributed by atoms with Crippen molar-refractivity contribution in [3.05, 3.63) is 41.2 Å². The van der Waals surface area contributed by atoms with Gasteiger partial charge in [0.1, 0.15) is 17.5 Å². The number of benzene rings is 1. The number of aromatic nitrogens is 2. The summed E-state index contributed by atoms with van der Waals surface area (Å²) in [7, 11) is 1.87. The molecule has 0 aliphatic rings. The predicted molar refractivity (Wildman–Crippen MR) is 80.2 cm³/mol. The van der Waals surface area contributed by atoms with Crippen molar-refractivity contribution in [2.75, 3.05) is 17.7 Å². The standard InChI is InChI=1S/C15H20N4/c1-5-12-7-6-8-13(9-12)19-15-10(2)14(16-4)17-11(3)18-15/h6-9H,5H2,1-4H3,(H2,16,17,18,19). The Labute approximate surface area is 114 Å². The smallest absolute Gasteiger partial charge is 0.139 e. The van der Waals surface area contributed by atoms with Crippen LogP contribution in [0.25, 0.3) is 0 Å². The fourth-order valence-electron chi connectivity index (χ4n) is 2.00. The normalized spacial score (nSPS) is 10.3. The van der Waals surface area contributed by atoms with Gasteiger partial charge in [-0.2, -0.15) is 0 Å². The van der Waals surface area contributed by atoms with Gasteiger partial charge in [0.15, 0.2) is 0 Å². The number of hydrogen-bond donors (Lipinski definition) is 2. The maximum Gasteiger partial charge on any atom is 0.139 e. The van der Waals surface area contributed by atoms with Crippen LogP contribution in [0.3, 0.4) is 0 Å². The molecular weight excluding hydrogens is 236 g/mol.